The number of allylic oxidation sites excluding steroid dienone is 6. The molecule has 2 unspecified atom stereocenters. The molecule has 0 rings (SSSR count). The summed E-state index contributed by atoms with van der Waals surface area (Å²) in [5.74, 6) is -1.59. The molecule has 236 valence electrons. The first kappa shape index (κ1) is 38.5. The minimum atomic E-state index is -0.886. The van der Waals surface area contributed by atoms with Gasteiger partial charge in [-0.1, -0.05) is 82.4 Å². The van der Waals surface area contributed by atoms with E-state index in [2.05, 4.69) is 43.4 Å². The Morgan fingerprint density at radius 1 is 0.756 bits per heavy atom. The van der Waals surface area contributed by atoms with Crippen LogP contribution in [-0.2, 0) is 28.6 Å². The van der Waals surface area contributed by atoms with Crippen molar-refractivity contribution in [2.24, 2.45) is 0 Å². The van der Waals surface area contributed by atoms with Gasteiger partial charge in [-0.15, -0.1) is 0 Å². The number of rotatable bonds is 26. The monoisotopic (exact) mass is 580 g/mol. The molecule has 0 aromatic carbocycles. The zero-order valence-corrected chi connectivity index (χ0v) is 26.5. The number of nitrogens with zero attached hydrogens (tertiary/aromatic N) is 1. The number of carboxylic acid groups (broad SMARTS) is 1. The topological polar surface area (TPSA) is 99.1 Å². The Morgan fingerprint density at radius 3 is 1.93 bits per heavy atom. The van der Waals surface area contributed by atoms with E-state index >= 15 is 0 Å². The molecule has 0 aromatic rings. The van der Waals surface area contributed by atoms with E-state index in [9.17, 15) is 19.5 Å². The summed E-state index contributed by atoms with van der Waals surface area (Å²) >= 11 is 0. The van der Waals surface area contributed by atoms with Gasteiger partial charge in [-0.3, -0.25) is 9.59 Å². The molecular weight excluding hydrogens is 522 g/mol. The lowest BCUT2D eigenvalue weighted by atomic mass is 10.1. The van der Waals surface area contributed by atoms with E-state index in [1.54, 1.807) is 6.92 Å². The molecule has 0 bridgehead atoms. The standard InChI is InChI=1S/C33H57NO7/c1-6-8-9-10-11-12-13-14-15-16-17-18-19-20-21-22-23-24-32(36)41-29(28-40-31(35)7-2)27-39-26-25-30(33(37)38)34(3,4)5/h8-9,11-12,14-15,29-30H,6-7,10,13,16-28H2,1-5H3/p+1/b9-8-,12-11-,15-14-. The van der Waals surface area contributed by atoms with E-state index in [-0.39, 0.29) is 42.7 Å². The molecule has 0 aliphatic heterocycles. The average molecular weight is 581 g/mol. The summed E-state index contributed by atoms with van der Waals surface area (Å²) in [6.07, 6.45) is 25.4. The molecule has 1 N–H and O–H groups in total. The van der Waals surface area contributed by atoms with Crippen molar-refractivity contribution in [1.29, 1.82) is 0 Å². The number of carboxylic acids is 1. The lowest BCUT2D eigenvalue weighted by Crippen LogP contribution is -2.50. The Hall–Kier alpha value is -2.45. The molecular formula is C33H58NO7+. The third-order valence-corrected chi connectivity index (χ3v) is 6.61. The van der Waals surface area contributed by atoms with E-state index < -0.39 is 18.1 Å². The fraction of sp³-hybridized carbons (Fsp3) is 0.727. The zero-order valence-electron chi connectivity index (χ0n) is 26.5. The fourth-order valence-corrected chi connectivity index (χ4v) is 4.14. The van der Waals surface area contributed by atoms with Crippen LogP contribution in [0.2, 0.25) is 0 Å². The van der Waals surface area contributed by atoms with Gasteiger partial charge in [-0.25, -0.2) is 4.79 Å². The molecule has 0 aliphatic carbocycles. The Morgan fingerprint density at radius 2 is 1.34 bits per heavy atom. The lowest BCUT2D eigenvalue weighted by molar-refractivity contribution is -0.887. The van der Waals surface area contributed by atoms with Crippen LogP contribution in [0.1, 0.15) is 104 Å². The van der Waals surface area contributed by atoms with Crippen molar-refractivity contribution in [3.8, 4) is 0 Å². The molecule has 0 fully saturated rings. The predicted molar refractivity (Wildman–Crippen MR) is 165 cm³/mol. The first-order valence-corrected chi connectivity index (χ1v) is 15.5. The normalized spacial score (nSPS) is 13.7. The summed E-state index contributed by atoms with van der Waals surface area (Å²) in [6, 6.07) is -0.610. The number of unbranched alkanes of at least 4 members (excludes halogenated alkanes) is 7. The van der Waals surface area contributed by atoms with Crippen molar-refractivity contribution < 1.29 is 38.2 Å². The minimum absolute atomic E-state index is 0.0503. The maximum atomic E-state index is 12.4. The van der Waals surface area contributed by atoms with E-state index in [0.717, 1.165) is 44.9 Å². The highest BCUT2D eigenvalue weighted by molar-refractivity contribution is 5.72. The smallest absolute Gasteiger partial charge is 0.362 e. The van der Waals surface area contributed by atoms with Gasteiger partial charge in [0.1, 0.15) is 6.61 Å². The third-order valence-electron chi connectivity index (χ3n) is 6.61. The summed E-state index contributed by atoms with van der Waals surface area (Å²) in [7, 11) is 5.46. The SMILES string of the molecule is CC/C=C\C/C=C\C/C=C\CCCCCCCCCC(=O)OC(COCCC(C(=O)O)[N+](C)(C)C)COC(=O)CC. The van der Waals surface area contributed by atoms with Crippen LogP contribution >= 0.6 is 0 Å². The molecule has 0 saturated heterocycles. The molecule has 0 amide bonds. The van der Waals surface area contributed by atoms with Crippen LogP contribution in [0.15, 0.2) is 36.5 Å². The minimum Gasteiger partial charge on any atom is -0.477 e. The maximum absolute atomic E-state index is 12.4. The third kappa shape index (κ3) is 23.9. The van der Waals surface area contributed by atoms with E-state index in [1.165, 1.54) is 25.7 Å². The van der Waals surface area contributed by atoms with E-state index in [1.807, 2.05) is 21.1 Å². The first-order chi connectivity index (χ1) is 19.6. The van der Waals surface area contributed by atoms with Crippen LogP contribution in [0.5, 0.6) is 0 Å². The summed E-state index contributed by atoms with van der Waals surface area (Å²) in [4.78, 5) is 35.5. The first-order valence-electron chi connectivity index (χ1n) is 15.5. The number of carbonyl (C=O) groups excluding carboxylic acids is 2. The van der Waals surface area contributed by atoms with Crippen molar-refractivity contribution in [1.82, 2.24) is 0 Å². The molecule has 0 aliphatic rings. The highest BCUT2D eigenvalue weighted by Crippen LogP contribution is 2.12. The zero-order chi connectivity index (χ0) is 30.8. The van der Waals surface area contributed by atoms with Crippen LogP contribution in [0.3, 0.4) is 0 Å². The van der Waals surface area contributed by atoms with Crippen molar-refractivity contribution >= 4 is 17.9 Å². The number of ether oxygens (including phenoxy) is 3. The highest BCUT2D eigenvalue weighted by Gasteiger charge is 2.31. The quantitative estimate of drug-likeness (QED) is 0.0521. The van der Waals surface area contributed by atoms with E-state index in [0.29, 0.717) is 12.8 Å². The second-order valence-corrected chi connectivity index (χ2v) is 11.3. The van der Waals surface area contributed by atoms with Gasteiger partial charge >= 0.3 is 17.9 Å². The van der Waals surface area contributed by atoms with E-state index in [4.69, 9.17) is 14.2 Å². The van der Waals surface area contributed by atoms with Crippen LogP contribution in [0, 0.1) is 0 Å². The van der Waals surface area contributed by atoms with Gasteiger partial charge in [-0.2, -0.15) is 0 Å². The molecule has 0 spiro atoms. The second kappa shape index (κ2) is 25.3. The van der Waals surface area contributed by atoms with Gasteiger partial charge in [0, 0.05) is 19.3 Å². The van der Waals surface area contributed by atoms with Gasteiger partial charge in [0.05, 0.1) is 34.4 Å². The molecule has 8 heteroatoms. The lowest BCUT2D eigenvalue weighted by Gasteiger charge is -2.31. The predicted octanol–water partition coefficient (Wildman–Crippen LogP) is 6.79. The number of aliphatic carboxylic acids is 1. The summed E-state index contributed by atoms with van der Waals surface area (Å²) in [6.45, 7) is 4.02. The fourth-order valence-electron chi connectivity index (χ4n) is 4.14. The Bertz CT molecular complexity index is 783. The summed E-state index contributed by atoms with van der Waals surface area (Å²) in [5.41, 5.74) is 0. The Kier molecular flexibility index (Phi) is 23.8. The molecule has 2 atom stereocenters. The summed E-state index contributed by atoms with van der Waals surface area (Å²) < 4.78 is 16.6. The number of esters is 2. The Balaban J connectivity index is 4.09. The number of quaternary nitrogens is 1. The second-order valence-electron chi connectivity index (χ2n) is 11.3. The van der Waals surface area contributed by atoms with Gasteiger partial charge in [0.2, 0.25) is 0 Å². The number of carbonyl (C=O) groups is 3. The summed E-state index contributed by atoms with van der Waals surface area (Å²) in [5, 5.41) is 9.45. The van der Waals surface area contributed by atoms with Crippen molar-refractivity contribution in [3.63, 3.8) is 0 Å². The van der Waals surface area contributed by atoms with Crippen LogP contribution in [0.4, 0.5) is 0 Å². The van der Waals surface area contributed by atoms with Gasteiger partial charge in [0.25, 0.3) is 0 Å². The average Bonchev–Trinajstić information content (AvgIpc) is 2.91. The van der Waals surface area contributed by atoms with Gasteiger partial charge in [-0.05, 0) is 38.5 Å². The largest absolute Gasteiger partial charge is 0.477 e. The number of likely N-dealkylation sites (N-methyl/N-ethyl adjacent to an activating group) is 1. The van der Waals surface area contributed by atoms with Crippen molar-refractivity contribution in [2.75, 3.05) is 41.0 Å². The van der Waals surface area contributed by atoms with Crippen LogP contribution < -0.4 is 0 Å². The molecule has 41 heavy (non-hydrogen) atoms. The molecule has 0 saturated carbocycles. The van der Waals surface area contributed by atoms with Crippen LogP contribution in [0.25, 0.3) is 0 Å². The highest BCUT2D eigenvalue weighted by atomic mass is 16.6. The van der Waals surface area contributed by atoms with Crippen LogP contribution in [-0.4, -0.2) is 80.6 Å². The Labute approximate surface area is 249 Å². The molecule has 8 nitrogen and oxygen atoms in total. The molecule has 0 radical (unpaired) electrons. The van der Waals surface area contributed by atoms with Crippen molar-refractivity contribution in [3.05, 3.63) is 36.5 Å². The number of hydrogen-bond donors (Lipinski definition) is 1. The maximum Gasteiger partial charge on any atom is 0.362 e. The number of hydrogen-bond acceptors (Lipinski definition) is 6. The van der Waals surface area contributed by atoms with Gasteiger partial charge < -0.3 is 23.8 Å². The van der Waals surface area contributed by atoms with Gasteiger partial charge in [0.15, 0.2) is 12.1 Å². The molecule has 0 aromatic heterocycles. The molecule has 0 heterocycles. The van der Waals surface area contributed by atoms with Crippen molar-refractivity contribution in [2.45, 2.75) is 116 Å².